The largest absolute Gasteiger partial charge is 0.444 e. The number of hydrogen-bond acceptors (Lipinski definition) is 10. The van der Waals surface area contributed by atoms with E-state index < -0.39 is 59.2 Å². The van der Waals surface area contributed by atoms with Crippen LogP contribution < -0.4 is 21.3 Å². The second-order valence-electron chi connectivity index (χ2n) is 17.3. The van der Waals surface area contributed by atoms with Gasteiger partial charge in [0.1, 0.15) is 23.7 Å². The molecule has 5 amide bonds. The topological polar surface area (TPSA) is 173 Å². The summed E-state index contributed by atoms with van der Waals surface area (Å²) >= 11 is 1.53. The van der Waals surface area contributed by atoms with Crippen LogP contribution in [-0.2, 0) is 23.9 Å². The van der Waals surface area contributed by atoms with Gasteiger partial charge in [-0.05, 0) is 83.3 Å². The average Bonchev–Trinajstić information content (AvgIpc) is 3.32. The molecule has 2 rings (SSSR count). The van der Waals surface area contributed by atoms with Gasteiger partial charge in [-0.25, -0.2) is 4.79 Å². The molecule has 53 heavy (non-hydrogen) atoms. The van der Waals surface area contributed by atoms with E-state index in [1.165, 1.54) is 11.8 Å². The summed E-state index contributed by atoms with van der Waals surface area (Å²) in [6, 6.07) is -3.19. The number of nitrogens with zero attached hydrogens (tertiary/aromatic N) is 3. The van der Waals surface area contributed by atoms with Crippen molar-refractivity contribution in [3.05, 3.63) is 0 Å². The molecular weight excluding hydrogens is 699 g/mol. The minimum absolute atomic E-state index is 0.102. The van der Waals surface area contributed by atoms with Crippen LogP contribution in [0.3, 0.4) is 0 Å². The number of alkyl carbamates (subject to hydrolysis) is 1. The second kappa shape index (κ2) is 20.9. The van der Waals surface area contributed by atoms with Gasteiger partial charge in [-0.3, -0.25) is 24.1 Å². The highest BCUT2D eigenvalue weighted by atomic mass is 32.2. The van der Waals surface area contributed by atoms with Crippen molar-refractivity contribution in [3.63, 3.8) is 0 Å². The number of aliphatic hydroxyl groups excluding tert-OH is 1. The number of thioether (sulfide) groups is 1. The molecule has 0 bridgehead atoms. The van der Waals surface area contributed by atoms with Crippen molar-refractivity contribution < 1.29 is 33.8 Å². The van der Waals surface area contributed by atoms with Gasteiger partial charge < -0.3 is 40.9 Å². The number of amides is 5. The molecule has 2 fully saturated rings. The molecule has 2 heterocycles. The fourth-order valence-corrected chi connectivity index (χ4v) is 7.40. The lowest BCUT2D eigenvalue weighted by atomic mass is 9.80. The lowest BCUT2D eigenvalue weighted by molar-refractivity contribution is -0.145. The normalized spacial score (nSPS) is 21.7. The molecule has 0 saturated carbocycles. The monoisotopic (exact) mass is 770 g/mol. The Morgan fingerprint density at radius 3 is 2.06 bits per heavy atom. The molecule has 6 atom stereocenters. The number of carbonyl (C=O) groups is 5. The number of nitrogens with one attached hydrogen (secondary N) is 4. The first-order chi connectivity index (χ1) is 24.6. The lowest BCUT2D eigenvalue weighted by Crippen LogP contribution is -2.58. The van der Waals surface area contributed by atoms with Crippen molar-refractivity contribution in [1.29, 1.82) is 0 Å². The molecule has 2 aliphatic heterocycles. The molecule has 0 aromatic heterocycles. The Balaban J connectivity index is 2.17. The van der Waals surface area contributed by atoms with Gasteiger partial charge in [0.05, 0.1) is 24.2 Å². The first kappa shape index (κ1) is 46.5. The number of ether oxygens (including phenoxy) is 1. The van der Waals surface area contributed by atoms with E-state index >= 15 is 0 Å². The van der Waals surface area contributed by atoms with E-state index in [1.54, 1.807) is 39.5 Å². The van der Waals surface area contributed by atoms with Gasteiger partial charge in [0.2, 0.25) is 23.6 Å². The Kier molecular flexibility index (Phi) is 18.3. The van der Waals surface area contributed by atoms with Gasteiger partial charge in [-0.15, -0.1) is 0 Å². The SMILES string of the molecule is CSCC[C@H](NC(=O)[C@@H](NC(=O)OC(C)(C)C)C(C)C)C(=O)N[C@@H](CC(C)C)[C@@H](O)C[C@]1(C)CCN([C@H](C(=O)NCN2CCN(C)CC2)C(C)C)C1=O. The third-order valence-corrected chi connectivity index (χ3v) is 10.7. The quantitative estimate of drug-likeness (QED) is 0.132. The van der Waals surface area contributed by atoms with Gasteiger partial charge in [-0.1, -0.05) is 48.5 Å². The highest BCUT2D eigenvalue weighted by molar-refractivity contribution is 7.98. The third kappa shape index (κ3) is 14.9. The summed E-state index contributed by atoms with van der Waals surface area (Å²) in [6.07, 6.45) is 1.47. The molecule has 14 nitrogen and oxygen atoms in total. The number of aliphatic hydroxyl groups is 1. The number of likely N-dealkylation sites (N-methyl/N-ethyl adjacent to an activating group) is 1. The van der Waals surface area contributed by atoms with Crippen LogP contribution in [0.25, 0.3) is 0 Å². The van der Waals surface area contributed by atoms with Crippen LogP contribution in [0.2, 0.25) is 0 Å². The molecule has 2 aliphatic rings. The van der Waals surface area contributed by atoms with E-state index in [9.17, 15) is 29.1 Å². The molecule has 2 saturated heterocycles. The van der Waals surface area contributed by atoms with Crippen molar-refractivity contribution in [3.8, 4) is 0 Å². The zero-order valence-corrected chi connectivity index (χ0v) is 35.4. The van der Waals surface area contributed by atoms with Crippen LogP contribution in [0.15, 0.2) is 0 Å². The third-order valence-electron chi connectivity index (χ3n) is 10.0. The average molecular weight is 770 g/mol. The van der Waals surface area contributed by atoms with Gasteiger partial charge in [-0.2, -0.15) is 11.8 Å². The molecule has 0 spiro atoms. The molecular formula is C38H71N7O7S. The molecule has 0 aromatic carbocycles. The predicted octanol–water partition coefficient (Wildman–Crippen LogP) is 2.64. The van der Waals surface area contributed by atoms with E-state index in [1.807, 2.05) is 40.9 Å². The van der Waals surface area contributed by atoms with Crippen LogP contribution in [0.4, 0.5) is 4.79 Å². The van der Waals surface area contributed by atoms with Crippen LogP contribution in [-0.4, -0.2) is 144 Å². The maximum atomic E-state index is 14.1. The van der Waals surface area contributed by atoms with Gasteiger partial charge in [0.25, 0.3) is 0 Å². The fourth-order valence-electron chi connectivity index (χ4n) is 6.92. The van der Waals surface area contributed by atoms with Crippen LogP contribution in [0, 0.1) is 23.2 Å². The molecule has 306 valence electrons. The Morgan fingerprint density at radius 1 is 0.906 bits per heavy atom. The van der Waals surface area contributed by atoms with Crippen molar-refractivity contribution in [2.75, 3.05) is 58.4 Å². The van der Waals surface area contributed by atoms with Crippen LogP contribution >= 0.6 is 11.8 Å². The second-order valence-corrected chi connectivity index (χ2v) is 18.3. The Labute approximate surface area is 323 Å². The van der Waals surface area contributed by atoms with E-state index in [4.69, 9.17) is 4.74 Å². The molecule has 0 aliphatic carbocycles. The van der Waals surface area contributed by atoms with Crippen molar-refractivity contribution >= 4 is 41.5 Å². The molecule has 0 radical (unpaired) electrons. The number of rotatable bonds is 19. The van der Waals surface area contributed by atoms with Gasteiger partial charge >= 0.3 is 6.09 Å². The predicted molar refractivity (Wildman–Crippen MR) is 210 cm³/mol. The molecule has 0 aromatic rings. The summed E-state index contributed by atoms with van der Waals surface area (Å²) < 4.78 is 5.36. The number of hydrogen-bond donors (Lipinski definition) is 5. The maximum Gasteiger partial charge on any atom is 0.408 e. The number of carbonyl (C=O) groups excluding carboxylic acids is 5. The summed E-state index contributed by atoms with van der Waals surface area (Å²) in [6.45, 7) is 22.9. The summed E-state index contributed by atoms with van der Waals surface area (Å²) in [5.41, 5.74) is -1.68. The molecule has 0 unspecified atom stereocenters. The lowest BCUT2D eigenvalue weighted by Gasteiger charge is -2.35. The highest BCUT2D eigenvalue weighted by Crippen LogP contribution is 2.39. The van der Waals surface area contributed by atoms with Crippen LogP contribution in [0.1, 0.15) is 94.9 Å². The van der Waals surface area contributed by atoms with Gasteiger partial charge in [0.15, 0.2) is 0 Å². The van der Waals surface area contributed by atoms with Crippen molar-refractivity contribution in [2.45, 2.75) is 131 Å². The summed E-state index contributed by atoms with van der Waals surface area (Å²) in [5, 5.41) is 23.3. The van der Waals surface area contributed by atoms with Crippen LogP contribution in [0.5, 0.6) is 0 Å². The van der Waals surface area contributed by atoms with E-state index in [2.05, 4.69) is 38.1 Å². The minimum Gasteiger partial charge on any atom is -0.444 e. The smallest absolute Gasteiger partial charge is 0.408 e. The van der Waals surface area contributed by atoms with E-state index in [-0.39, 0.29) is 36.0 Å². The van der Waals surface area contributed by atoms with E-state index in [0.717, 1.165) is 26.2 Å². The van der Waals surface area contributed by atoms with Crippen molar-refractivity contribution in [2.24, 2.45) is 23.2 Å². The fraction of sp³-hybridized carbons (Fsp3) is 0.868. The van der Waals surface area contributed by atoms with Crippen molar-refractivity contribution in [1.82, 2.24) is 36.0 Å². The Bertz CT molecular complexity index is 1220. The highest BCUT2D eigenvalue weighted by Gasteiger charge is 2.49. The standard InChI is InChI=1S/C38H71N7O7S/c1-24(2)21-28(41-32(47)27(13-20-53-12)40-33(48)30(25(3)4)42-36(51)52-37(7,8)9)29(46)22-38(10)14-15-45(35(38)50)31(26(5)6)34(49)39-23-44-18-16-43(11)17-19-44/h24-31,46H,13-23H2,1-12H3,(H,39,49)(H,40,48)(H,41,47)(H,42,51)/t27-,28-,29-,30-,31-,38-/m0/s1. The zero-order chi connectivity index (χ0) is 40.3. The molecule has 5 N–H and O–H groups in total. The zero-order valence-electron chi connectivity index (χ0n) is 34.5. The summed E-state index contributed by atoms with van der Waals surface area (Å²) in [7, 11) is 2.08. The number of likely N-dealkylation sites (tertiary alicyclic amines) is 1. The molecule has 15 heteroatoms. The Hall–Kier alpha value is -2.62. The Morgan fingerprint density at radius 2 is 1.53 bits per heavy atom. The minimum atomic E-state index is -1.06. The summed E-state index contributed by atoms with van der Waals surface area (Å²) in [4.78, 5) is 73.6. The first-order valence-corrected chi connectivity index (χ1v) is 20.7. The van der Waals surface area contributed by atoms with E-state index in [0.29, 0.717) is 38.2 Å². The first-order valence-electron chi connectivity index (χ1n) is 19.4. The maximum absolute atomic E-state index is 14.1. The summed E-state index contributed by atoms with van der Waals surface area (Å²) in [5.74, 6) is -1.02. The number of piperazine rings is 1. The van der Waals surface area contributed by atoms with Gasteiger partial charge in [0, 0.05) is 32.7 Å².